The highest BCUT2D eigenvalue weighted by molar-refractivity contribution is 7.99. The number of aryl methyl sites for hydroxylation is 1. The van der Waals surface area contributed by atoms with Crippen molar-refractivity contribution in [1.29, 1.82) is 0 Å². The van der Waals surface area contributed by atoms with Gasteiger partial charge in [0.05, 0.1) is 6.33 Å². The van der Waals surface area contributed by atoms with Crippen LogP contribution in [0.25, 0.3) is 0 Å². The summed E-state index contributed by atoms with van der Waals surface area (Å²) in [6, 6.07) is 0. The fourth-order valence-corrected chi connectivity index (χ4v) is 2.12. The Morgan fingerprint density at radius 2 is 2.50 bits per heavy atom. The summed E-state index contributed by atoms with van der Waals surface area (Å²) >= 11 is 1.79. The molecule has 0 spiro atoms. The number of nitrogens with one attached hydrogen (secondary N) is 2. The standard InChI is InChI=1S/C10H17N5O2S/c1-11-10(7-15(16)17)13-3-5-18-4-2-9-6-12-8-14-9/h6,8H,2-5,7H2,1H3,(H,11,13)(H,12,14). The van der Waals surface area contributed by atoms with Crippen molar-refractivity contribution in [2.75, 3.05) is 31.6 Å². The van der Waals surface area contributed by atoms with Crippen LogP contribution >= 0.6 is 11.8 Å². The SMILES string of the molecule is CN=C(C[N+](=O)[O-])NCCSCCc1cnc[nH]1. The average molecular weight is 271 g/mol. The molecule has 1 aromatic rings. The monoisotopic (exact) mass is 271 g/mol. The van der Waals surface area contributed by atoms with Gasteiger partial charge in [-0.2, -0.15) is 11.8 Å². The Kier molecular flexibility index (Phi) is 6.85. The van der Waals surface area contributed by atoms with E-state index >= 15 is 0 Å². The molecule has 0 aliphatic carbocycles. The summed E-state index contributed by atoms with van der Waals surface area (Å²) in [5, 5.41) is 13.3. The summed E-state index contributed by atoms with van der Waals surface area (Å²) in [5.41, 5.74) is 1.12. The topological polar surface area (TPSA) is 96.2 Å². The number of hydrogen-bond donors (Lipinski definition) is 2. The highest BCUT2D eigenvalue weighted by Crippen LogP contribution is 2.03. The summed E-state index contributed by atoms with van der Waals surface area (Å²) < 4.78 is 0. The minimum absolute atomic E-state index is 0.241. The molecule has 0 radical (unpaired) electrons. The molecule has 0 aromatic carbocycles. The number of aromatic amines is 1. The van der Waals surface area contributed by atoms with Gasteiger partial charge in [0.15, 0.2) is 5.84 Å². The van der Waals surface area contributed by atoms with Crippen molar-refractivity contribution >= 4 is 17.6 Å². The first kappa shape index (κ1) is 14.5. The second-order valence-corrected chi connectivity index (χ2v) is 4.75. The molecule has 0 fully saturated rings. The lowest BCUT2D eigenvalue weighted by atomic mass is 10.4. The van der Waals surface area contributed by atoms with Crippen LogP contribution < -0.4 is 5.32 Å². The van der Waals surface area contributed by atoms with E-state index in [0.717, 1.165) is 23.6 Å². The van der Waals surface area contributed by atoms with E-state index < -0.39 is 0 Å². The highest BCUT2D eigenvalue weighted by atomic mass is 32.2. The van der Waals surface area contributed by atoms with Gasteiger partial charge in [-0.25, -0.2) is 4.98 Å². The number of imidazole rings is 1. The van der Waals surface area contributed by atoms with Crippen LogP contribution in [0, 0.1) is 10.1 Å². The largest absolute Gasteiger partial charge is 0.368 e. The molecular formula is C10H17N5O2S. The van der Waals surface area contributed by atoms with Crippen LogP contribution in [0.3, 0.4) is 0 Å². The summed E-state index contributed by atoms with van der Waals surface area (Å²) in [5.74, 6) is 2.32. The molecule has 7 nitrogen and oxygen atoms in total. The van der Waals surface area contributed by atoms with Crippen molar-refractivity contribution in [2.45, 2.75) is 6.42 Å². The predicted octanol–water partition coefficient (Wildman–Crippen LogP) is 0.580. The minimum Gasteiger partial charge on any atom is -0.368 e. The van der Waals surface area contributed by atoms with Crippen molar-refractivity contribution in [3.05, 3.63) is 28.3 Å². The van der Waals surface area contributed by atoms with Crippen molar-refractivity contribution in [3.63, 3.8) is 0 Å². The van der Waals surface area contributed by atoms with E-state index in [0.29, 0.717) is 12.4 Å². The first-order valence-corrected chi connectivity index (χ1v) is 6.74. The molecule has 100 valence electrons. The highest BCUT2D eigenvalue weighted by Gasteiger charge is 2.04. The third-order valence-corrected chi connectivity index (χ3v) is 3.18. The van der Waals surface area contributed by atoms with E-state index in [4.69, 9.17) is 0 Å². The Labute approximate surface area is 110 Å². The Hall–Kier alpha value is -1.57. The molecule has 0 unspecified atom stereocenters. The van der Waals surface area contributed by atoms with Gasteiger partial charge in [0, 0.05) is 36.2 Å². The lowest BCUT2D eigenvalue weighted by Gasteiger charge is -2.05. The minimum atomic E-state index is -0.388. The van der Waals surface area contributed by atoms with E-state index in [1.165, 1.54) is 0 Å². The third-order valence-electron chi connectivity index (χ3n) is 2.19. The number of thioether (sulfide) groups is 1. The Bertz CT molecular complexity index is 380. The molecule has 0 aliphatic rings. The van der Waals surface area contributed by atoms with Crippen molar-refractivity contribution in [3.8, 4) is 0 Å². The maximum absolute atomic E-state index is 10.3. The predicted molar refractivity (Wildman–Crippen MR) is 72.8 cm³/mol. The maximum atomic E-state index is 10.3. The van der Waals surface area contributed by atoms with Crippen LogP contribution in [-0.4, -0.2) is 52.4 Å². The lowest BCUT2D eigenvalue weighted by Crippen LogP contribution is -2.31. The molecule has 1 heterocycles. The Morgan fingerprint density at radius 3 is 3.11 bits per heavy atom. The molecule has 0 aliphatic heterocycles. The third kappa shape index (κ3) is 6.24. The Morgan fingerprint density at radius 1 is 1.67 bits per heavy atom. The molecule has 1 rings (SSSR count). The van der Waals surface area contributed by atoms with Crippen LogP contribution in [0.5, 0.6) is 0 Å². The normalized spacial score (nSPS) is 11.5. The van der Waals surface area contributed by atoms with Crippen molar-refractivity contribution in [2.24, 2.45) is 4.99 Å². The molecule has 2 N–H and O–H groups in total. The molecular weight excluding hydrogens is 254 g/mol. The lowest BCUT2D eigenvalue weighted by molar-refractivity contribution is -0.463. The molecule has 0 saturated heterocycles. The van der Waals surface area contributed by atoms with Gasteiger partial charge in [-0.05, 0) is 12.2 Å². The quantitative estimate of drug-likeness (QED) is 0.237. The number of aromatic nitrogens is 2. The molecule has 0 amide bonds. The average Bonchev–Trinajstić information content (AvgIpc) is 2.84. The van der Waals surface area contributed by atoms with Gasteiger partial charge in [-0.1, -0.05) is 0 Å². The van der Waals surface area contributed by atoms with Gasteiger partial charge in [0.1, 0.15) is 0 Å². The number of hydrogen-bond acceptors (Lipinski definition) is 5. The van der Waals surface area contributed by atoms with Gasteiger partial charge in [-0.15, -0.1) is 0 Å². The summed E-state index contributed by atoms with van der Waals surface area (Å²) in [4.78, 5) is 20.7. The van der Waals surface area contributed by atoms with E-state index in [-0.39, 0.29) is 11.5 Å². The number of nitrogens with zero attached hydrogens (tertiary/aromatic N) is 3. The second kappa shape index (κ2) is 8.51. The van der Waals surface area contributed by atoms with Gasteiger partial charge >= 0.3 is 0 Å². The number of aliphatic imine (C=N–C) groups is 1. The zero-order valence-electron chi connectivity index (χ0n) is 10.3. The molecule has 0 atom stereocenters. The fourth-order valence-electron chi connectivity index (χ4n) is 1.30. The van der Waals surface area contributed by atoms with Crippen LogP contribution in [-0.2, 0) is 6.42 Å². The van der Waals surface area contributed by atoms with Gasteiger partial charge in [0.25, 0.3) is 6.54 Å². The van der Waals surface area contributed by atoms with Crippen LogP contribution in [0.1, 0.15) is 5.69 Å². The number of amidine groups is 1. The molecule has 8 heteroatoms. The van der Waals surface area contributed by atoms with Gasteiger partial charge in [-0.3, -0.25) is 15.1 Å². The smallest absolute Gasteiger partial charge is 0.259 e. The number of H-pyrrole nitrogens is 1. The van der Waals surface area contributed by atoms with E-state index in [9.17, 15) is 10.1 Å². The summed E-state index contributed by atoms with van der Waals surface area (Å²) in [6.07, 6.45) is 4.44. The number of rotatable bonds is 8. The van der Waals surface area contributed by atoms with Crippen molar-refractivity contribution in [1.82, 2.24) is 15.3 Å². The van der Waals surface area contributed by atoms with E-state index in [1.54, 1.807) is 25.1 Å². The van der Waals surface area contributed by atoms with E-state index in [2.05, 4.69) is 20.3 Å². The van der Waals surface area contributed by atoms with Crippen LogP contribution in [0.15, 0.2) is 17.5 Å². The van der Waals surface area contributed by atoms with Crippen LogP contribution in [0.4, 0.5) is 0 Å². The zero-order chi connectivity index (χ0) is 13.2. The second-order valence-electron chi connectivity index (χ2n) is 3.53. The molecule has 0 bridgehead atoms. The first-order valence-electron chi connectivity index (χ1n) is 5.58. The Balaban J connectivity index is 2.02. The van der Waals surface area contributed by atoms with Gasteiger partial charge < -0.3 is 10.3 Å². The van der Waals surface area contributed by atoms with Crippen LogP contribution in [0.2, 0.25) is 0 Å². The summed E-state index contributed by atoms with van der Waals surface area (Å²) in [7, 11) is 1.55. The fraction of sp³-hybridized carbons (Fsp3) is 0.600. The van der Waals surface area contributed by atoms with E-state index in [1.807, 2.05) is 6.20 Å². The molecule has 0 saturated carbocycles. The number of nitro groups is 1. The zero-order valence-corrected chi connectivity index (χ0v) is 11.1. The maximum Gasteiger partial charge on any atom is 0.259 e. The molecule has 1 aromatic heterocycles. The molecule has 18 heavy (non-hydrogen) atoms. The first-order chi connectivity index (χ1) is 8.72. The summed E-state index contributed by atoms with van der Waals surface area (Å²) in [6.45, 7) is 0.448. The van der Waals surface area contributed by atoms with Crippen molar-refractivity contribution < 1.29 is 4.92 Å². The van der Waals surface area contributed by atoms with Gasteiger partial charge in [0.2, 0.25) is 0 Å².